The van der Waals surface area contributed by atoms with Gasteiger partial charge in [-0.05, 0) is 35.2 Å². The van der Waals surface area contributed by atoms with Crippen LogP contribution in [-0.4, -0.2) is 68.0 Å². The Kier molecular flexibility index (Phi) is 10.4. The molecule has 5 rings (SSSR count). The van der Waals surface area contributed by atoms with Crippen molar-refractivity contribution >= 4 is 5.97 Å². The molecule has 2 aliphatic rings. The quantitative estimate of drug-likeness (QED) is 0.304. The third-order valence-corrected chi connectivity index (χ3v) is 7.63. The van der Waals surface area contributed by atoms with Gasteiger partial charge in [0.25, 0.3) is 0 Å². The Morgan fingerprint density at radius 1 is 0.902 bits per heavy atom. The molecule has 2 saturated heterocycles. The van der Waals surface area contributed by atoms with E-state index in [2.05, 4.69) is 5.32 Å². The molecule has 0 aliphatic carbocycles. The molecule has 0 radical (unpaired) electrons. The maximum absolute atomic E-state index is 13.0. The number of hydrogen-bond acceptors (Lipinski definition) is 8. The number of nitrogens with one attached hydrogen (secondary N) is 1. The highest BCUT2D eigenvalue weighted by Crippen LogP contribution is 2.36. The molecule has 218 valence electrons. The van der Waals surface area contributed by atoms with Gasteiger partial charge in [-0.25, -0.2) is 0 Å². The van der Waals surface area contributed by atoms with E-state index in [0.717, 1.165) is 22.4 Å². The highest BCUT2D eigenvalue weighted by molar-refractivity contribution is 5.70. The number of esters is 1. The molecule has 3 aromatic rings. The number of ether oxygens (including phenoxy) is 5. The molecule has 8 heteroatoms. The number of methoxy groups -OCH3 is 1. The summed E-state index contributed by atoms with van der Waals surface area (Å²) in [6.45, 7) is 1.36. The molecular weight excluding hydrogens is 522 g/mol. The summed E-state index contributed by atoms with van der Waals surface area (Å²) in [5.41, 5.74) is 3.20. The van der Waals surface area contributed by atoms with Gasteiger partial charge >= 0.3 is 5.97 Å². The van der Waals surface area contributed by atoms with E-state index >= 15 is 0 Å². The van der Waals surface area contributed by atoms with Crippen LogP contribution in [0.2, 0.25) is 0 Å². The molecule has 0 aromatic heterocycles. The van der Waals surface area contributed by atoms with Crippen molar-refractivity contribution in [3.8, 4) is 5.75 Å². The molecular formula is C33H39NO7. The molecule has 2 heterocycles. The molecule has 41 heavy (non-hydrogen) atoms. The first kappa shape index (κ1) is 29.2. The predicted octanol–water partition coefficient (Wildman–Crippen LogP) is 3.83. The lowest BCUT2D eigenvalue weighted by Crippen LogP contribution is -2.59. The summed E-state index contributed by atoms with van der Waals surface area (Å²) in [5, 5.41) is 13.7. The Bertz CT molecular complexity index is 1210. The summed E-state index contributed by atoms with van der Waals surface area (Å²) in [6.07, 6.45) is -1.46. The average Bonchev–Trinajstić information content (AvgIpc) is 3.43. The average molecular weight is 562 g/mol. The van der Waals surface area contributed by atoms with E-state index in [1.807, 2.05) is 84.9 Å². The van der Waals surface area contributed by atoms with Crippen LogP contribution in [0.15, 0.2) is 84.9 Å². The van der Waals surface area contributed by atoms with Gasteiger partial charge in [0.1, 0.15) is 24.1 Å². The first-order valence-corrected chi connectivity index (χ1v) is 14.3. The second kappa shape index (κ2) is 14.6. The molecule has 3 aromatic carbocycles. The van der Waals surface area contributed by atoms with Crippen molar-refractivity contribution in [2.45, 2.75) is 69.0 Å². The normalized spacial score (nSPS) is 25.4. The predicted molar refractivity (Wildman–Crippen MR) is 153 cm³/mol. The van der Waals surface area contributed by atoms with Crippen molar-refractivity contribution in [1.82, 2.24) is 5.32 Å². The molecule has 0 spiro atoms. The number of benzene rings is 3. The van der Waals surface area contributed by atoms with Gasteiger partial charge < -0.3 is 34.1 Å². The first-order valence-electron chi connectivity index (χ1n) is 14.3. The van der Waals surface area contributed by atoms with Gasteiger partial charge in [-0.2, -0.15) is 0 Å². The van der Waals surface area contributed by atoms with Crippen molar-refractivity contribution in [2.24, 2.45) is 0 Å². The number of aryl methyl sites for hydroxylation is 1. The van der Waals surface area contributed by atoms with E-state index in [1.165, 1.54) is 0 Å². The minimum atomic E-state index is -0.792. The fourth-order valence-corrected chi connectivity index (χ4v) is 5.48. The monoisotopic (exact) mass is 561 g/mol. The first-order chi connectivity index (χ1) is 20.1. The van der Waals surface area contributed by atoms with E-state index in [0.29, 0.717) is 32.5 Å². The second-order valence-corrected chi connectivity index (χ2v) is 10.5. The minimum Gasteiger partial charge on any atom is -0.497 e. The lowest BCUT2D eigenvalue weighted by atomic mass is 9.94. The fraction of sp³-hybridized carbons (Fsp3) is 0.424. The van der Waals surface area contributed by atoms with E-state index in [1.54, 1.807) is 7.11 Å². The van der Waals surface area contributed by atoms with Crippen LogP contribution in [0.3, 0.4) is 0 Å². The number of aliphatic hydroxyl groups is 1. The van der Waals surface area contributed by atoms with Gasteiger partial charge in [0, 0.05) is 25.9 Å². The van der Waals surface area contributed by atoms with E-state index < -0.39 is 24.4 Å². The summed E-state index contributed by atoms with van der Waals surface area (Å²) in [4.78, 5) is 13.0. The van der Waals surface area contributed by atoms with Crippen LogP contribution in [0.25, 0.3) is 0 Å². The number of fused-ring (bicyclic) bond motifs is 1. The standard InChI is InChI=1S/C33H39NO7/c1-37-26-15-12-24(13-16-26)19-34-20-27-18-28-31(39-27)33(38-22-25-10-6-3-7-11-25)32(29(21-35)40-28)41-30(36)17-14-23-8-4-2-5-9-23/h2-13,15-16,27-29,31-35H,14,17-22H2,1H3/t27?,28-,29-,31+,32-,33-/m1/s1. The van der Waals surface area contributed by atoms with Crippen LogP contribution in [0.4, 0.5) is 0 Å². The molecule has 0 amide bonds. The zero-order valence-corrected chi connectivity index (χ0v) is 23.4. The number of rotatable bonds is 13. The summed E-state index contributed by atoms with van der Waals surface area (Å²) < 4.78 is 30.3. The Morgan fingerprint density at radius 2 is 1.61 bits per heavy atom. The minimum absolute atomic E-state index is 0.113. The highest BCUT2D eigenvalue weighted by atomic mass is 16.6. The maximum Gasteiger partial charge on any atom is 0.306 e. The molecule has 8 nitrogen and oxygen atoms in total. The number of aliphatic hydroxyl groups excluding tert-OH is 1. The van der Waals surface area contributed by atoms with Crippen LogP contribution in [-0.2, 0) is 43.3 Å². The topological polar surface area (TPSA) is 95.5 Å². The summed E-state index contributed by atoms with van der Waals surface area (Å²) in [5.74, 6) is 0.466. The van der Waals surface area contributed by atoms with Crippen LogP contribution in [0.5, 0.6) is 5.75 Å². The number of carbonyl (C=O) groups excluding carboxylic acids is 1. The van der Waals surface area contributed by atoms with Gasteiger partial charge in [-0.1, -0.05) is 72.8 Å². The summed E-state index contributed by atoms with van der Waals surface area (Å²) >= 11 is 0. The highest BCUT2D eigenvalue weighted by Gasteiger charge is 2.53. The largest absolute Gasteiger partial charge is 0.497 e. The van der Waals surface area contributed by atoms with Crippen molar-refractivity contribution in [1.29, 1.82) is 0 Å². The smallest absolute Gasteiger partial charge is 0.306 e. The zero-order valence-electron chi connectivity index (χ0n) is 23.4. The van der Waals surface area contributed by atoms with E-state index in [9.17, 15) is 9.90 Å². The Balaban J connectivity index is 1.24. The molecule has 2 fully saturated rings. The second-order valence-electron chi connectivity index (χ2n) is 10.5. The third-order valence-electron chi connectivity index (χ3n) is 7.63. The van der Waals surface area contributed by atoms with Gasteiger partial charge in [0.2, 0.25) is 0 Å². The lowest BCUT2D eigenvalue weighted by Gasteiger charge is -2.42. The lowest BCUT2D eigenvalue weighted by molar-refractivity contribution is -0.243. The molecule has 2 N–H and O–H groups in total. The van der Waals surface area contributed by atoms with Crippen LogP contribution in [0.1, 0.15) is 29.5 Å². The molecule has 1 unspecified atom stereocenters. The molecule has 6 atom stereocenters. The van der Waals surface area contributed by atoms with Crippen molar-refractivity contribution < 1.29 is 33.6 Å². The number of carbonyl (C=O) groups is 1. The SMILES string of the molecule is COc1ccc(CNCC2C[C@H]3O[C@H](CO)[C@@H](OC(=O)CCc4ccccc4)[C@H](OCc4ccccc4)[C@H]3O2)cc1. The van der Waals surface area contributed by atoms with Gasteiger partial charge in [0.05, 0.1) is 32.5 Å². The van der Waals surface area contributed by atoms with Gasteiger partial charge in [-0.3, -0.25) is 4.79 Å². The van der Waals surface area contributed by atoms with Crippen LogP contribution in [0, 0.1) is 0 Å². The Labute approximate surface area is 241 Å². The Morgan fingerprint density at radius 3 is 2.29 bits per heavy atom. The van der Waals surface area contributed by atoms with Crippen molar-refractivity contribution in [2.75, 3.05) is 20.3 Å². The Hall–Kier alpha value is -3.27. The van der Waals surface area contributed by atoms with Crippen LogP contribution < -0.4 is 10.1 Å². The van der Waals surface area contributed by atoms with Gasteiger partial charge in [-0.15, -0.1) is 0 Å². The molecule has 2 aliphatic heterocycles. The molecule has 0 saturated carbocycles. The number of hydrogen-bond donors (Lipinski definition) is 2. The zero-order chi connectivity index (χ0) is 28.4. The van der Waals surface area contributed by atoms with E-state index in [4.69, 9.17) is 23.7 Å². The summed E-state index contributed by atoms with van der Waals surface area (Å²) in [7, 11) is 1.65. The van der Waals surface area contributed by atoms with E-state index in [-0.39, 0.29) is 31.2 Å². The van der Waals surface area contributed by atoms with Crippen molar-refractivity contribution in [3.05, 3.63) is 102 Å². The third kappa shape index (κ3) is 7.93. The van der Waals surface area contributed by atoms with Crippen molar-refractivity contribution in [3.63, 3.8) is 0 Å². The van der Waals surface area contributed by atoms with Gasteiger partial charge in [0.15, 0.2) is 6.10 Å². The maximum atomic E-state index is 13.0. The van der Waals surface area contributed by atoms with Crippen LogP contribution >= 0.6 is 0 Å². The summed E-state index contributed by atoms with van der Waals surface area (Å²) in [6, 6.07) is 27.6. The molecule has 0 bridgehead atoms. The fourth-order valence-electron chi connectivity index (χ4n) is 5.48.